The van der Waals surface area contributed by atoms with Crippen LogP contribution in [0.15, 0.2) is 18.2 Å². The Balaban J connectivity index is 2.68. The molecule has 0 heterocycles. The van der Waals surface area contributed by atoms with E-state index in [1.54, 1.807) is 6.07 Å². The number of rotatable bonds is 6. The maximum absolute atomic E-state index is 11.8. The molecule has 0 radical (unpaired) electrons. The van der Waals surface area contributed by atoms with E-state index in [-0.39, 0.29) is 5.69 Å². The molecule has 1 N–H and O–H groups in total. The molecule has 1 rings (SSSR count). The molecule has 1 aromatic carbocycles. The van der Waals surface area contributed by atoms with Gasteiger partial charge in [-0.05, 0) is 25.1 Å². The molecule has 0 spiro atoms. The highest BCUT2D eigenvalue weighted by atomic mass is 35.5. The van der Waals surface area contributed by atoms with Gasteiger partial charge in [-0.1, -0.05) is 11.6 Å². The summed E-state index contributed by atoms with van der Waals surface area (Å²) in [6.45, 7) is 0.404. The van der Waals surface area contributed by atoms with Crippen LogP contribution in [0.2, 0.25) is 5.02 Å². The molecule has 6 heteroatoms. The highest BCUT2D eigenvalue weighted by Gasteiger charge is 2.12. The van der Waals surface area contributed by atoms with Crippen molar-refractivity contribution in [1.82, 2.24) is 5.32 Å². The minimum Gasteiger partial charge on any atom is -0.312 e. The fourth-order valence-corrected chi connectivity index (χ4v) is 1.48. The van der Waals surface area contributed by atoms with Crippen LogP contribution in [0.3, 0.4) is 0 Å². The first kappa shape index (κ1) is 12.9. The van der Waals surface area contributed by atoms with E-state index in [2.05, 4.69) is 5.32 Å². The van der Waals surface area contributed by atoms with Crippen LogP contribution in [0.5, 0.6) is 0 Å². The molecule has 0 fully saturated rings. The lowest BCUT2D eigenvalue weighted by atomic mass is 10.2. The summed E-state index contributed by atoms with van der Waals surface area (Å²) in [5.41, 5.74) is 0.536. The molecule has 0 atom stereocenters. The Morgan fingerprint density at radius 1 is 1.50 bits per heavy atom. The Labute approximate surface area is 97.6 Å². The van der Waals surface area contributed by atoms with Crippen LogP contribution in [0, 0.1) is 10.1 Å². The van der Waals surface area contributed by atoms with E-state index in [9.17, 15) is 14.5 Å². The summed E-state index contributed by atoms with van der Waals surface area (Å²) in [7, 11) is 0. The van der Waals surface area contributed by atoms with Gasteiger partial charge in [-0.3, -0.25) is 14.5 Å². The van der Waals surface area contributed by atoms with Crippen molar-refractivity contribution in [1.29, 1.82) is 0 Å². The first-order chi connectivity index (χ1) is 7.65. The summed E-state index contributed by atoms with van der Waals surface area (Å²) in [4.78, 5) is 10.2. The van der Waals surface area contributed by atoms with Gasteiger partial charge in [-0.15, -0.1) is 0 Å². The molecule has 1 aromatic rings. The second-order valence-corrected chi connectivity index (χ2v) is 3.69. The van der Waals surface area contributed by atoms with Gasteiger partial charge in [0, 0.05) is 23.2 Å². The first-order valence-electron chi connectivity index (χ1n) is 4.84. The van der Waals surface area contributed by atoms with Gasteiger partial charge < -0.3 is 5.32 Å². The molecular formula is C10H12ClFN2O2. The SMILES string of the molecule is O=[N+]([O-])c1ccc(Cl)cc1CNCCCF. The van der Waals surface area contributed by atoms with E-state index in [0.29, 0.717) is 30.1 Å². The van der Waals surface area contributed by atoms with Crippen molar-refractivity contribution >= 4 is 17.3 Å². The van der Waals surface area contributed by atoms with Crippen LogP contribution >= 0.6 is 11.6 Å². The minimum atomic E-state index is -0.456. The molecule has 0 aliphatic carbocycles. The molecule has 0 amide bonds. The predicted molar refractivity (Wildman–Crippen MR) is 60.4 cm³/mol. The molecule has 0 unspecified atom stereocenters. The zero-order valence-corrected chi connectivity index (χ0v) is 9.34. The molecule has 4 nitrogen and oxygen atoms in total. The Morgan fingerprint density at radius 2 is 2.25 bits per heavy atom. The fourth-order valence-electron chi connectivity index (χ4n) is 1.29. The average Bonchev–Trinajstić information content (AvgIpc) is 2.24. The topological polar surface area (TPSA) is 55.2 Å². The van der Waals surface area contributed by atoms with Crippen molar-refractivity contribution in [3.8, 4) is 0 Å². The number of halogens is 2. The first-order valence-corrected chi connectivity index (χ1v) is 5.22. The number of benzene rings is 1. The zero-order chi connectivity index (χ0) is 12.0. The number of alkyl halides is 1. The van der Waals surface area contributed by atoms with Crippen LogP contribution in [0.25, 0.3) is 0 Å². The predicted octanol–water partition coefficient (Wildman–Crippen LogP) is 2.70. The number of nitro benzene ring substituents is 1. The number of nitrogens with one attached hydrogen (secondary N) is 1. The molecule has 16 heavy (non-hydrogen) atoms. The maximum Gasteiger partial charge on any atom is 0.273 e. The van der Waals surface area contributed by atoms with Crippen LogP contribution in [0.4, 0.5) is 10.1 Å². The van der Waals surface area contributed by atoms with Crippen LogP contribution < -0.4 is 5.32 Å². The molecule has 0 bridgehead atoms. The van der Waals surface area contributed by atoms with E-state index < -0.39 is 11.6 Å². The van der Waals surface area contributed by atoms with E-state index in [4.69, 9.17) is 11.6 Å². The van der Waals surface area contributed by atoms with Gasteiger partial charge in [-0.25, -0.2) is 0 Å². The van der Waals surface area contributed by atoms with Gasteiger partial charge in [0.1, 0.15) is 0 Å². The van der Waals surface area contributed by atoms with E-state index >= 15 is 0 Å². The van der Waals surface area contributed by atoms with Gasteiger partial charge in [0.25, 0.3) is 5.69 Å². The highest BCUT2D eigenvalue weighted by molar-refractivity contribution is 6.30. The summed E-state index contributed by atoms with van der Waals surface area (Å²) < 4.78 is 11.8. The number of nitro groups is 1. The molecule has 88 valence electrons. The maximum atomic E-state index is 11.8. The third kappa shape index (κ3) is 3.75. The van der Waals surface area contributed by atoms with Crippen molar-refractivity contribution in [2.75, 3.05) is 13.2 Å². The number of nitrogens with zero attached hydrogens (tertiary/aromatic N) is 1. The quantitative estimate of drug-likeness (QED) is 0.477. The van der Waals surface area contributed by atoms with E-state index in [1.807, 2.05) is 0 Å². The average molecular weight is 247 g/mol. The van der Waals surface area contributed by atoms with Gasteiger partial charge in [-0.2, -0.15) is 0 Å². The van der Waals surface area contributed by atoms with E-state index in [1.165, 1.54) is 12.1 Å². The summed E-state index contributed by atoms with van der Waals surface area (Å²) in [5, 5.41) is 14.1. The van der Waals surface area contributed by atoms with Crippen molar-refractivity contribution in [2.24, 2.45) is 0 Å². The smallest absolute Gasteiger partial charge is 0.273 e. The van der Waals surface area contributed by atoms with Crippen molar-refractivity contribution < 1.29 is 9.31 Å². The molecule has 0 saturated carbocycles. The number of hydrogen-bond acceptors (Lipinski definition) is 3. The lowest BCUT2D eigenvalue weighted by molar-refractivity contribution is -0.385. The normalized spacial score (nSPS) is 10.4. The van der Waals surface area contributed by atoms with Crippen molar-refractivity contribution in [3.05, 3.63) is 38.9 Å². The highest BCUT2D eigenvalue weighted by Crippen LogP contribution is 2.22. The largest absolute Gasteiger partial charge is 0.312 e. The molecule has 0 saturated heterocycles. The Morgan fingerprint density at radius 3 is 2.88 bits per heavy atom. The Kier molecular flexibility index (Phi) is 5.14. The van der Waals surface area contributed by atoms with Crippen molar-refractivity contribution in [3.63, 3.8) is 0 Å². The molecule has 0 aromatic heterocycles. The summed E-state index contributed by atoms with van der Waals surface area (Å²) >= 11 is 5.75. The molecule has 0 aliphatic rings. The second-order valence-electron chi connectivity index (χ2n) is 3.25. The van der Waals surface area contributed by atoms with Crippen LogP contribution in [-0.4, -0.2) is 18.1 Å². The zero-order valence-electron chi connectivity index (χ0n) is 8.58. The van der Waals surface area contributed by atoms with Crippen LogP contribution in [-0.2, 0) is 6.54 Å². The van der Waals surface area contributed by atoms with Gasteiger partial charge in [0.05, 0.1) is 11.6 Å². The summed E-state index contributed by atoms with van der Waals surface area (Å²) in [6, 6.07) is 4.39. The third-order valence-corrected chi connectivity index (χ3v) is 2.28. The van der Waals surface area contributed by atoms with Crippen molar-refractivity contribution in [2.45, 2.75) is 13.0 Å². The minimum absolute atomic E-state index is 0.0251. The third-order valence-electron chi connectivity index (χ3n) is 2.04. The fraction of sp³-hybridized carbons (Fsp3) is 0.400. The lowest BCUT2D eigenvalue weighted by Crippen LogP contribution is -2.16. The summed E-state index contributed by atoms with van der Waals surface area (Å²) in [5.74, 6) is 0. The second kappa shape index (κ2) is 6.40. The van der Waals surface area contributed by atoms with Gasteiger partial charge in [0.2, 0.25) is 0 Å². The van der Waals surface area contributed by atoms with Gasteiger partial charge >= 0.3 is 0 Å². The molecule has 0 aliphatic heterocycles. The molecular weight excluding hydrogens is 235 g/mol. The Hall–Kier alpha value is -1.20. The number of hydrogen-bond donors (Lipinski definition) is 1. The van der Waals surface area contributed by atoms with Gasteiger partial charge in [0.15, 0.2) is 0 Å². The summed E-state index contributed by atoms with van der Waals surface area (Å²) in [6.07, 6.45) is 0.397. The standard InChI is InChI=1S/C10H12ClFN2O2/c11-9-2-3-10(14(15)16)8(6-9)7-13-5-1-4-12/h2-3,6,13H,1,4-5,7H2. The monoisotopic (exact) mass is 246 g/mol. The van der Waals surface area contributed by atoms with Crippen LogP contribution in [0.1, 0.15) is 12.0 Å². The Bertz CT molecular complexity index is 374. The van der Waals surface area contributed by atoms with E-state index in [0.717, 1.165) is 0 Å². The lowest BCUT2D eigenvalue weighted by Gasteiger charge is -2.05.